The lowest BCUT2D eigenvalue weighted by molar-refractivity contribution is 0.301. The Labute approximate surface area is 106 Å². The predicted molar refractivity (Wildman–Crippen MR) is 68.9 cm³/mol. The standard InChI is InChI=1S/C13H15N3O2/c1-14-11-5-3-4-6-12(11)18-9-10-7-16-13(17-2)8-15-10/h3-8,14H,9H2,1-2H3. The lowest BCUT2D eigenvalue weighted by Crippen LogP contribution is -2.01. The van der Waals surface area contributed by atoms with Crippen molar-refractivity contribution in [2.75, 3.05) is 19.5 Å². The van der Waals surface area contributed by atoms with E-state index < -0.39 is 0 Å². The Bertz CT molecular complexity index is 500. The van der Waals surface area contributed by atoms with Gasteiger partial charge >= 0.3 is 0 Å². The third-order valence-electron chi connectivity index (χ3n) is 2.42. The molecule has 0 radical (unpaired) electrons. The van der Waals surface area contributed by atoms with E-state index in [1.165, 1.54) is 0 Å². The summed E-state index contributed by atoms with van der Waals surface area (Å²) in [7, 11) is 3.42. The highest BCUT2D eigenvalue weighted by Gasteiger charge is 2.02. The van der Waals surface area contributed by atoms with Gasteiger partial charge in [-0.1, -0.05) is 12.1 Å². The lowest BCUT2D eigenvalue weighted by atomic mass is 10.3. The molecule has 5 nitrogen and oxygen atoms in total. The van der Waals surface area contributed by atoms with Gasteiger partial charge in [0, 0.05) is 7.05 Å². The number of aromatic nitrogens is 2. The average Bonchev–Trinajstić information content (AvgIpc) is 2.46. The maximum Gasteiger partial charge on any atom is 0.231 e. The van der Waals surface area contributed by atoms with Crippen molar-refractivity contribution in [3.63, 3.8) is 0 Å². The van der Waals surface area contributed by atoms with Crippen LogP contribution in [0.1, 0.15) is 5.69 Å². The van der Waals surface area contributed by atoms with Crippen LogP contribution in [0.25, 0.3) is 0 Å². The van der Waals surface area contributed by atoms with Crippen molar-refractivity contribution in [1.82, 2.24) is 9.97 Å². The first kappa shape index (κ1) is 12.2. The summed E-state index contributed by atoms with van der Waals surface area (Å²) in [5.41, 5.74) is 1.70. The number of para-hydroxylation sites is 2. The number of hydrogen-bond donors (Lipinski definition) is 1. The molecule has 2 aromatic rings. The van der Waals surface area contributed by atoms with E-state index in [4.69, 9.17) is 9.47 Å². The minimum absolute atomic E-state index is 0.371. The molecule has 1 N–H and O–H groups in total. The van der Waals surface area contributed by atoms with Crippen LogP contribution in [0.5, 0.6) is 11.6 Å². The molecule has 0 aliphatic carbocycles. The molecule has 0 saturated heterocycles. The van der Waals surface area contributed by atoms with Crippen molar-refractivity contribution in [1.29, 1.82) is 0 Å². The van der Waals surface area contributed by atoms with E-state index in [9.17, 15) is 0 Å². The van der Waals surface area contributed by atoms with Gasteiger partial charge in [-0.25, -0.2) is 4.98 Å². The van der Waals surface area contributed by atoms with Crippen LogP contribution in [0, 0.1) is 0 Å². The fourth-order valence-electron chi connectivity index (χ4n) is 1.47. The first-order valence-electron chi connectivity index (χ1n) is 5.58. The summed E-state index contributed by atoms with van der Waals surface area (Å²) >= 11 is 0. The van der Waals surface area contributed by atoms with Crippen molar-refractivity contribution >= 4 is 5.69 Å². The molecular weight excluding hydrogens is 230 g/mol. The van der Waals surface area contributed by atoms with Crippen LogP contribution >= 0.6 is 0 Å². The Morgan fingerprint density at radius 1 is 1.17 bits per heavy atom. The highest BCUT2D eigenvalue weighted by molar-refractivity contribution is 5.55. The molecule has 0 amide bonds. The molecule has 5 heteroatoms. The zero-order valence-corrected chi connectivity index (χ0v) is 10.4. The highest BCUT2D eigenvalue weighted by Crippen LogP contribution is 2.23. The van der Waals surface area contributed by atoms with Gasteiger partial charge in [-0.15, -0.1) is 0 Å². The van der Waals surface area contributed by atoms with Gasteiger partial charge in [0.05, 0.1) is 30.9 Å². The van der Waals surface area contributed by atoms with Crippen molar-refractivity contribution in [2.45, 2.75) is 6.61 Å². The van der Waals surface area contributed by atoms with Crippen molar-refractivity contribution < 1.29 is 9.47 Å². The van der Waals surface area contributed by atoms with Gasteiger partial charge in [0.2, 0.25) is 5.88 Å². The smallest absolute Gasteiger partial charge is 0.231 e. The van der Waals surface area contributed by atoms with E-state index in [0.29, 0.717) is 12.5 Å². The Kier molecular flexibility index (Phi) is 3.96. The number of benzene rings is 1. The molecule has 1 aromatic heterocycles. The maximum atomic E-state index is 5.68. The second kappa shape index (κ2) is 5.86. The Balaban J connectivity index is 2.02. The van der Waals surface area contributed by atoms with Crippen molar-refractivity contribution in [2.24, 2.45) is 0 Å². The molecule has 18 heavy (non-hydrogen) atoms. The number of ether oxygens (including phenoxy) is 2. The van der Waals surface area contributed by atoms with Crippen LogP contribution in [-0.4, -0.2) is 24.1 Å². The fraction of sp³-hybridized carbons (Fsp3) is 0.231. The van der Waals surface area contributed by atoms with Gasteiger partial charge in [-0.3, -0.25) is 4.98 Å². The highest BCUT2D eigenvalue weighted by atomic mass is 16.5. The van der Waals surface area contributed by atoms with E-state index in [1.807, 2.05) is 31.3 Å². The molecule has 94 valence electrons. The summed E-state index contributed by atoms with van der Waals surface area (Å²) in [6, 6.07) is 7.74. The molecule has 0 aliphatic rings. The monoisotopic (exact) mass is 245 g/mol. The molecule has 2 rings (SSSR count). The summed E-state index contributed by atoms with van der Waals surface area (Å²) in [4.78, 5) is 8.26. The number of anilines is 1. The van der Waals surface area contributed by atoms with E-state index in [2.05, 4.69) is 15.3 Å². The molecule has 0 bridgehead atoms. The Hall–Kier alpha value is -2.30. The van der Waals surface area contributed by atoms with E-state index in [1.54, 1.807) is 19.5 Å². The molecule has 1 aromatic carbocycles. The van der Waals surface area contributed by atoms with Gasteiger partial charge in [0.15, 0.2) is 0 Å². The summed E-state index contributed by atoms with van der Waals surface area (Å²) < 4.78 is 10.6. The SMILES string of the molecule is CNc1ccccc1OCc1cnc(OC)cn1. The molecule has 1 heterocycles. The fourth-order valence-corrected chi connectivity index (χ4v) is 1.47. The van der Waals surface area contributed by atoms with Crippen molar-refractivity contribution in [3.8, 4) is 11.6 Å². The molecule has 0 unspecified atom stereocenters. The molecular formula is C13H15N3O2. The van der Waals surface area contributed by atoms with Crippen LogP contribution in [-0.2, 0) is 6.61 Å². The number of methoxy groups -OCH3 is 1. The maximum absolute atomic E-state index is 5.68. The zero-order chi connectivity index (χ0) is 12.8. The van der Waals surface area contributed by atoms with Gasteiger partial charge in [0.25, 0.3) is 0 Å². The third-order valence-corrected chi connectivity index (χ3v) is 2.42. The second-order valence-corrected chi connectivity index (χ2v) is 3.58. The van der Waals surface area contributed by atoms with Gasteiger partial charge in [0.1, 0.15) is 12.4 Å². The largest absolute Gasteiger partial charge is 0.485 e. The van der Waals surface area contributed by atoms with Crippen LogP contribution in [0.15, 0.2) is 36.7 Å². The van der Waals surface area contributed by atoms with E-state index in [-0.39, 0.29) is 0 Å². The van der Waals surface area contributed by atoms with Gasteiger partial charge in [-0.2, -0.15) is 0 Å². The second-order valence-electron chi connectivity index (χ2n) is 3.58. The van der Waals surface area contributed by atoms with E-state index >= 15 is 0 Å². The minimum atomic E-state index is 0.371. The molecule has 0 saturated carbocycles. The van der Waals surface area contributed by atoms with Gasteiger partial charge in [-0.05, 0) is 12.1 Å². The first-order valence-corrected chi connectivity index (χ1v) is 5.58. The molecule has 0 fully saturated rings. The molecule has 0 atom stereocenters. The normalized spacial score (nSPS) is 9.89. The third kappa shape index (κ3) is 2.88. The Morgan fingerprint density at radius 3 is 2.67 bits per heavy atom. The number of rotatable bonds is 5. The van der Waals surface area contributed by atoms with Crippen LogP contribution in [0.2, 0.25) is 0 Å². The predicted octanol–water partition coefficient (Wildman–Crippen LogP) is 2.11. The molecule has 0 aliphatic heterocycles. The number of hydrogen-bond acceptors (Lipinski definition) is 5. The van der Waals surface area contributed by atoms with Crippen LogP contribution in [0.4, 0.5) is 5.69 Å². The Morgan fingerprint density at radius 2 is 2.00 bits per heavy atom. The van der Waals surface area contributed by atoms with Crippen LogP contribution < -0.4 is 14.8 Å². The summed E-state index contributed by atoms with van der Waals surface area (Å²) in [5, 5.41) is 3.07. The molecule has 0 spiro atoms. The minimum Gasteiger partial charge on any atom is -0.485 e. The number of nitrogens with one attached hydrogen (secondary N) is 1. The van der Waals surface area contributed by atoms with Crippen molar-refractivity contribution in [3.05, 3.63) is 42.4 Å². The topological polar surface area (TPSA) is 56.3 Å². The average molecular weight is 245 g/mol. The summed E-state index contributed by atoms with van der Waals surface area (Å²) in [6.07, 6.45) is 3.21. The van der Waals surface area contributed by atoms with E-state index in [0.717, 1.165) is 17.1 Å². The zero-order valence-electron chi connectivity index (χ0n) is 10.4. The summed E-state index contributed by atoms with van der Waals surface area (Å²) in [5.74, 6) is 1.28. The first-order chi connectivity index (χ1) is 8.83. The van der Waals surface area contributed by atoms with Crippen LogP contribution in [0.3, 0.4) is 0 Å². The quantitative estimate of drug-likeness (QED) is 0.874. The van der Waals surface area contributed by atoms with Gasteiger partial charge < -0.3 is 14.8 Å². The lowest BCUT2D eigenvalue weighted by Gasteiger charge is -2.10. The number of nitrogens with zero attached hydrogens (tertiary/aromatic N) is 2. The summed E-state index contributed by atoms with van der Waals surface area (Å²) in [6.45, 7) is 0.371.